The minimum Gasteiger partial charge on any atom is -0.396 e. The van der Waals surface area contributed by atoms with Crippen molar-refractivity contribution in [3.05, 3.63) is 52.0 Å². The highest BCUT2D eigenvalue weighted by Gasteiger charge is 2.57. The molecule has 26 heavy (non-hydrogen) atoms. The number of benzene rings is 1. The fraction of sp³-hybridized carbons (Fsp3) is 0.524. The topological polar surface area (TPSA) is 53.4 Å². The number of aliphatic hydroxyl groups excluding tert-OH is 1. The first kappa shape index (κ1) is 17.7. The highest BCUT2D eigenvalue weighted by molar-refractivity contribution is 7.09. The van der Waals surface area contributed by atoms with Crippen molar-refractivity contribution < 1.29 is 9.90 Å². The van der Waals surface area contributed by atoms with Crippen LogP contribution in [0.15, 0.2) is 35.7 Å². The van der Waals surface area contributed by atoms with Crippen molar-refractivity contribution >= 4 is 17.2 Å². The number of aryl methyl sites for hydroxylation is 1. The number of nitrogens with zero attached hydrogens (tertiary/aromatic N) is 2. The van der Waals surface area contributed by atoms with Crippen LogP contribution in [0.1, 0.15) is 53.7 Å². The molecule has 2 saturated heterocycles. The zero-order valence-electron chi connectivity index (χ0n) is 15.2. The van der Waals surface area contributed by atoms with Crippen molar-refractivity contribution in [2.75, 3.05) is 6.61 Å². The van der Waals surface area contributed by atoms with Crippen molar-refractivity contribution in [3.8, 4) is 0 Å². The van der Waals surface area contributed by atoms with Gasteiger partial charge in [-0.1, -0.05) is 37.3 Å². The highest BCUT2D eigenvalue weighted by atomic mass is 32.1. The van der Waals surface area contributed by atoms with E-state index in [1.54, 1.807) is 11.3 Å². The third-order valence-corrected chi connectivity index (χ3v) is 6.94. The van der Waals surface area contributed by atoms with Crippen LogP contribution in [0.3, 0.4) is 0 Å². The molecule has 0 saturated carbocycles. The molecule has 2 aliphatic heterocycles. The number of carbonyl (C=O) groups excluding carboxylic acids is 1. The molecule has 4 rings (SSSR count). The minimum absolute atomic E-state index is 0.0551. The predicted octanol–water partition coefficient (Wildman–Crippen LogP) is 3.69. The van der Waals surface area contributed by atoms with E-state index < -0.39 is 0 Å². The number of carbonyl (C=O) groups is 1. The summed E-state index contributed by atoms with van der Waals surface area (Å²) in [6.45, 7) is 2.26. The molecule has 2 aromatic rings. The molecule has 3 atom stereocenters. The molecule has 0 spiro atoms. The number of thiazole rings is 1. The Morgan fingerprint density at radius 1 is 1.35 bits per heavy atom. The zero-order chi connectivity index (χ0) is 18.1. The Bertz CT molecular complexity index is 775. The molecule has 138 valence electrons. The monoisotopic (exact) mass is 370 g/mol. The van der Waals surface area contributed by atoms with Gasteiger partial charge in [-0.05, 0) is 44.1 Å². The summed E-state index contributed by atoms with van der Waals surface area (Å²) in [6, 6.07) is 10.7. The van der Waals surface area contributed by atoms with E-state index in [0.29, 0.717) is 5.69 Å². The molecule has 2 aliphatic rings. The second-order valence-corrected chi connectivity index (χ2v) is 8.67. The zero-order valence-corrected chi connectivity index (χ0v) is 16.0. The van der Waals surface area contributed by atoms with Gasteiger partial charge in [-0.25, -0.2) is 4.98 Å². The van der Waals surface area contributed by atoms with Crippen LogP contribution in [0, 0.1) is 5.41 Å². The summed E-state index contributed by atoms with van der Waals surface area (Å²) in [5.41, 5.74) is 1.60. The molecule has 1 aromatic carbocycles. The van der Waals surface area contributed by atoms with Crippen molar-refractivity contribution in [3.63, 3.8) is 0 Å². The first-order chi connectivity index (χ1) is 12.7. The van der Waals surface area contributed by atoms with Gasteiger partial charge in [0.2, 0.25) is 0 Å². The maximum atomic E-state index is 13.2. The molecular formula is C21H26N2O2S. The van der Waals surface area contributed by atoms with Gasteiger partial charge in [-0.15, -0.1) is 11.3 Å². The van der Waals surface area contributed by atoms with Crippen LogP contribution < -0.4 is 0 Å². The number of aromatic nitrogens is 1. The van der Waals surface area contributed by atoms with Crippen LogP contribution >= 0.6 is 11.3 Å². The summed E-state index contributed by atoms with van der Waals surface area (Å²) < 4.78 is 0. The lowest BCUT2D eigenvalue weighted by Gasteiger charge is -2.36. The molecule has 0 unspecified atom stereocenters. The van der Waals surface area contributed by atoms with Crippen molar-refractivity contribution in [1.29, 1.82) is 0 Å². The Morgan fingerprint density at radius 2 is 2.15 bits per heavy atom. The van der Waals surface area contributed by atoms with Crippen LogP contribution in [0.2, 0.25) is 0 Å². The lowest BCUT2D eigenvalue weighted by atomic mass is 9.70. The molecule has 2 bridgehead atoms. The average Bonchev–Trinajstić information content (AvgIpc) is 3.36. The second-order valence-electron chi connectivity index (χ2n) is 7.72. The van der Waals surface area contributed by atoms with E-state index in [-0.39, 0.29) is 30.0 Å². The van der Waals surface area contributed by atoms with Crippen LogP contribution in [0.5, 0.6) is 0 Å². The van der Waals surface area contributed by atoms with E-state index in [0.717, 1.165) is 43.5 Å². The normalized spacial score (nSPS) is 27.2. The lowest BCUT2D eigenvalue weighted by molar-refractivity contribution is 0.0567. The Balaban J connectivity index is 1.57. The number of fused-ring (bicyclic) bond motifs is 2. The Kier molecular flexibility index (Phi) is 4.84. The number of aliphatic hydroxyl groups is 1. The third kappa shape index (κ3) is 2.97. The summed E-state index contributed by atoms with van der Waals surface area (Å²) in [6.07, 6.45) is 5.71. The average molecular weight is 371 g/mol. The fourth-order valence-electron chi connectivity index (χ4n) is 4.89. The van der Waals surface area contributed by atoms with Gasteiger partial charge < -0.3 is 10.0 Å². The number of rotatable bonds is 6. The molecule has 3 heterocycles. The van der Waals surface area contributed by atoms with E-state index in [2.05, 4.69) is 24.0 Å². The SMILES string of the molecule is CCCc1nc(C(=O)N2[C@H]3CC[C@@H]2[C@@](CO)(Cc2ccccc2)C3)cs1. The van der Waals surface area contributed by atoms with E-state index in [1.165, 1.54) is 5.56 Å². The maximum absolute atomic E-state index is 13.2. The van der Waals surface area contributed by atoms with Gasteiger partial charge in [0.1, 0.15) is 5.69 Å². The first-order valence-electron chi connectivity index (χ1n) is 9.59. The van der Waals surface area contributed by atoms with Gasteiger partial charge in [-0.3, -0.25) is 4.79 Å². The Morgan fingerprint density at radius 3 is 2.88 bits per heavy atom. The van der Waals surface area contributed by atoms with Crippen LogP contribution in [0.4, 0.5) is 0 Å². The minimum atomic E-state index is -0.220. The van der Waals surface area contributed by atoms with Gasteiger partial charge in [-0.2, -0.15) is 0 Å². The summed E-state index contributed by atoms with van der Waals surface area (Å²) in [5.74, 6) is 0.0551. The largest absolute Gasteiger partial charge is 0.396 e. The van der Waals surface area contributed by atoms with Gasteiger partial charge in [0.25, 0.3) is 5.91 Å². The predicted molar refractivity (Wildman–Crippen MR) is 103 cm³/mol. The van der Waals surface area contributed by atoms with Crippen LogP contribution in [-0.2, 0) is 12.8 Å². The summed E-state index contributed by atoms with van der Waals surface area (Å²) >= 11 is 1.58. The number of hydrogen-bond donors (Lipinski definition) is 1. The quantitative estimate of drug-likeness (QED) is 0.844. The molecule has 5 heteroatoms. The first-order valence-corrected chi connectivity index (χ1v) is 10.5. The van der Waals surface area contributed by atoms with Gasteiger partial charge in [0.05, 0.1) is 11.6 Å². The highest BCUT2D eigenvalue weighted by Crippen LogP contribution is 2.51. The summed E-state index contributed by atoms with van der Waals surface area (Å²) in [4.78, 5) is 19.8. The second kappa shape index (κ2) is 7.12. The van der Waals surface area contributed by atoms with E-state index in [1.807, 2.05) is 28.5 Å². The summed E-state index contributed by atoms with van der Waals surface area (Å²) in [7, 11) is 0. The van der Waals surface area contributed by atoms with Gasteiger partial charge in [0, 0.05) is 22.9 Å². The smallest absolute Gasteiger partial charge is 0.273 e. The maximum Gasteiger partial charge on any atom is 0.273 e. The molecule has 2 fully saturated rings. The van der Waals surface area contributed by atoms with Crippen molar-refractivity contribution in [2.24, 2.45) is 5.41 Å². The van der Waals surface area contributed by atoms with E-state index in [9.17, 15) is 9.90 Å². The molecule has 1 N–H and O–H groups in total. The van der Waals surface area contributed by atoms with Gasteiger partial charge in [0.15, 0.2) is 0 Å². The number of amides is 1. The standard InChI is InChI=1S/C21H26N2O2S/c1-2-6-19-22-17(13-26-19)20(25)23-16-9-10-18(23)21(12-16,14-24)11-15-7-4-3-5-8-15/h3-5,7-8,13,16,18,24H,2,6,9-12,14H2,1H3/t16-,18+,21-/m0/s1. The lowest BCUT2D eigenvalue weighted by Crippen LogP contribution is -2.44. The number of hydrogen-bond acceptors (Lipinski definition) is 4. The molecule has 0 radical (unpaired) electrons. The van der Waals surface area contributed by atoms with Crippen LogP contribution in [-0.4, -0.2) is 39.6 Å². The fourth-order valence-corrected chi connectivity index (χ4v) is 5.76. The van der Waals surface area contributed by atoms with Crippen molar-refractivity contribution in [1.82, 2.24) is 9.88 Å². The summed E-state index contributed by atoms with van der Waals surface area (Å²) in [5, 5.41) is 13.2. The Hall–Kier alpha value is -1.72. The molecule has 1 amide bonds. The molecule has 1 aromatic heterocycles. The van der Waals surface area contributed by atoms with Crippen molar-refractivity contribution in [2.45, 2.75) is 57.5 Å². The molecule has 4 nitrogen and oxygen atoms in total. The van der Waals surface area contributed by atoms with Gasteiger partial charge >= 0.3 is 0 Å². The molecular weight excluding hydrogens is 344 g/mol. The van der Waals surface area contributed by atoms with E-state index in [4.69, 9.17) is 0 Å². The van der Waals surface area contributed by atoms with E-state index >= 15 is 0 Å². The third-order valence-electron chi connectivity index (χ3n) is 6.03. The van der Waals surface area contributed by atoms with Crippen LogP contribution in [0.25, 0.3) is 0 Å². The molecule has 0 aliphatic carbocycles. The Labute approximate surface area is 158 Å².